The first-order valence-electron chi connectivity index (χ1n) is 12.4. The van der Waals surface area contributed by atoms with Gasteiger partial charge in [0.15, 0.2) is 0 Å². The lowest BCUT2D eigenvalue weighted by atomic mass is 10.00. The van der Waals surface area contributed by atoms with Gasteiger partial charge in [-0.2, -0.15) is 0 Å². The molecule has 0 fully saturated rings. The summed E-state index contributed by atoms with van der Waals surface area (Å²) in [6, 6.07) is 14.2. The van der Waals surface area contributed by atoms with Gasteiger partial charge in [-0.3, -0.25) is 4.79 Å². The van der Waals surface area contributed by atoms with Crippen LogP contribution in [0.2, 0.25) is 5.02 Å². The molecule has 0 unspecified atom stereocenters. The number of carbonyl (C=O) groups excluding carboxylic acids is 2. The Morgan fingerprint density at radius 1 is 1.24 bits per heavy atom. The molecule has 3 amide bonds. The number of amides is 3. The van der Waals surface area contributed by atoms with Crippen molar-refractivity contribution in [2.24, 2.45) is 5.92 Å². The number of halogens is 2. The Morgan fingerprint density at radius 2 is 2.05 bits per heavy atom. The molecule has 2 aromatic carbocycles. The number of nitrogens with one attached hydrogen (secondary N) is 1. The first kappa shape index (κ1) is 26.9. The minimum absolute atomic E-state index is 0.0628. The standard InChI is InChI=1S/C28H31ClFN3O3S/c1-3-19(2)16-32(28(35)31-22-8-4-6-20(29)14-22)17-27(34)33-12-10-26-24(11-13-37-26)25(33)18-36-23-9-5-7-21(30)15-23/h4-9,11,13-15,19,25H,3,10,12,16-18H2,1-2H3,(H,31,35)/t19-,25-/m1/s1. The van der Waals surface area contributed by atoms with Crippen molar-refractivity contribution in [3.8, 4) is 5.75 Å². The number of hydrogen-bond acceptors (Lipinski definition) is 4. The van der Waals surface area contributed by atoms with Crippen molar-refractivity contribution >= 4 is 40.6 Å². The zero-order chi connectivity index (χ0) is 26.4. The van der Waals surface area contributed by atoms with Gasteiger partial charge in [-0.05, 0) is 59.7 Å². The summed E-state index contributed by atoms with van der Waals surface area (Å²) in [4.78, 5) is 31.4. The summed E-state index contributed by atoms with van der Waals surface area (Å²) < 4.78 is 19.6. The molecular weight excluding hydrogens is 513 g/mol. The molecule has 1 N–H and O–H groups in total. The van der Waals surface area contributed by atoms with Crippen molar-refractivity contribution < 1.29 is 18.7 Å². The number of benzene rings is 2. The molecule has 196 valence electrons. The first-order valence-corrected chi connectivity index (χ1v) is 13.7. The summed E-state index contributed by atoms with van der Waals surface area (Å²) in [5.41, 5.74) is 1.61. The number of hydrogen-bond donors (Lipinski definition) is 1. The van der Waals surface area contributed by atoms with Crippen LogP contribution in [0.15, 0.2) is 60.0 Å². The van der Waals surface area contributed by atoms with Crippen LogP contribution < -0.4 is 10.1 Å². The maximum Gasteiger partial charge on any atom is 0.322 e. The number of anilines is 1. The van der Waals surface area contributed by atoms with Crippen LogP contribution in [-0.4, -0.2) is 48.0 Å². The van der Waals surface area contributed by atoms with Gasteiger partial charge in [0.05, 0.1) is 6.04 Å². The largest absolute Gasteiger partial charge is 0.491 e. The van der Waals surface area contributed by atoms with Gasteiger partial charge in [-0.1, -0.05) is 44.0 Å². The molecule has 1 aliphatic rings. The molecule has 2 atom stereocenters. The van der Waals surface area contributed by atoms with Crippen LogP contribution in [-0.2, 0) is 11.2 Å². The van der Waals surface area contributed by atoms with Crippen LogP contribution in [0.1, 0.15) is 36.8 Å². The van der Waals surface area contributed by atoms with Gasteiger partial charge in [0.25, 0.3) is 0 Å². The second-order valence-corrected chi connectivity index (χ2v) is 10.7. The molecule has 6 nitrogen and oxygen atoms in total. The average molecular weight is 544 g/mol. The number of urea groups is 1. The third kappa shape index (κ3) is 7.02. The maximum absolute atomic E-state index is 13.7. The zero-order valence-corrected chi connectivity index (χ0v) is 22.5. The lowest BCUT2D eigenvalue weighted by Gasteiger charge is -2.37. The van der Waals surface area contributed by atoms with Gasteiger partial charge in [0, 0.05) is 34.7 Å². The molecule has 1 aromatic heterocycles. The molecule has 3 aromatic rings. The Labute approximate surface area is 226 Å². The Kier molecular flexibility index (Phi) is 9.05. The summed E-state index contributed by atoms with van der Waals surface area (Å²) in [6.45, 7) is 5.21. The number of thiophene rings is 1. The highest BCUT2D eigenvalue weighted by Gasteiger charge is 2.33. The van der Waals surface area contributed by atoms with Crippen molar-refractivity contribution in [3.63, 3.8) is 0 Å². The van der Waals surface area contributed by atoms with E-state index in [1.54, 1.807) is 57.5 Å². The smallest absolute Gasteiger partial charge is 0.322 e. The normalized spacial score (nSPS) is 15.6. The Balaban J connectivity index is 1.51. The molecule has 0 bridgehead atoms. The van der Waals surface area contributed by atoms with E-state index in [-0.39, 0.29) is 42.9 Å². The van der Waals surface area contributed by atoms with E-state index in [9.17, 15) is 14.0 Å². The van der Waals surface area contributed by atoms with E-state index < -0.39 is 0 Å². The average Bonchev–Trinajstić information content (AvgIpc) is 3.36. The number of rotatable bonds is 9. The molecule has 0 spiro atoms. The Bertz CT molecular complexity index is 1240. The van der Waals surface area contributed by atoms with E-state index in [1.807, 2.05) is 11.4 Å². The topological polar surface area (TPSA) is 61.9 Å². The van der Waals surface area contributed by atoms with E-state index in [4.69, 9.17) is 16.3 Å². The van der Waals surface area contributed by atoms with Crippen molar-refractivity contribution in [2.45, 2.75) is 32.7 Å². The second kappa shape index (κ2) is 12.4. The molecule has 2 heterocycles. The highest BCUT2D eigenvalue weighted by molar-refractivity contribution is 7.10. The summed E-state index contributed by atoms with van der Waals surface area (Å²) in [6.07, 6.45) is 1.62. The Morgan fingerprint density at radius 3 is 2.81 bits per heavy atom. The molecule has 1 aliphatic heterocycles. The molecule has 0 aliphatic carbocycles. The maximum atomic E-state index is 13.7. The summed E-state index contributed by atoms with van der Waals surface area (Å²) in [5, 5.41) is 5.40. The van der Waals surface area contributed by atoms with E-state index in [0.29, 0.717) is 29.5 Å². The van der Waals surface area contributed by atoms with Gasteiger partial charge >= 0.3 is 6.03 Å². The minimum Gasteiger partial charge on any atom is -0.491 e. The van der Waals surface area contributed by atoms with Gasteiger partial charge in [0.1, 0.15) is 24.7 Å². The van der Waals surface area contributed by atoms with Crippen molar-refractivity contribution in [2.75, 3.05) is 31.6 Å². The van der Waals surface area contributed by atoms with Gasteiger partial charge < -0.3 is 19.9 Å². The minimum atomic E-state index is -0.378. The molecule has 37 heavy (non-hydrogen) atoms. The van der Waals surface area contributed by atoms with Gasteiger partial charge in [0.2, 0.25) is 5.91 Å². The quantitative estimate of drug-likeness (QED) is 0.329. The highest BCUT2D eigenvalue weighted by Crippen LogP contribution is 2.34. The van der Waals surface area contributed by atoms with Crippen LogP contribution in [0.25, 0.3) is 0 Å². The predicted octanol–water partition coefficient (Wildman–Crippen LogP) is 6.63. The van der Waals surface area contributed by atoms with Crippen LogP contribution in [0.4, 0.5) is 14.9 Å². The second-order valence-electron chi connectivity index (χ2n) is 9.25. The molecule has 4 rings (SSSR count). The lowest BCUT2D eigenvalue weighted by molar-refractivity contribution is -0.135. The van der Waals surface area contributed by atoms with Crippen molar-refractivity contribution in [1.29, 1.82) is 0 Å². The molecule has 0 radical (unpaired) electrons. The fourth-order valence-corrected chi connectivity index (χ4v) is 5.47. The van der Waals surface area contributed by atoms with Crippen molar-refractivity contribution in [3.05, 3.63) is 81.3 Å². The van der Waals surface area contributed by atoms with E-state index in [0.717, 1.165) is 18.4 Å². The molecule has 9 heteroatoms. The summed E-state index contributed by atoms with van der Waals surface area (Å²) in [5.74, 6) is 0.0924. The third-order valence-corrected chi connectivity index (χ3v) is 7.77. The number of ether oxygens (including phenoxy) is 1. The third-order valence-electron chi connectivity index (χ3n) is 6.54. The van der Waals surface area contributed by atoms with Crippen LogP contribution >= 0.6 is 22.9 Å². The molecule has 0 saturated heterocycles. The summed E-state index contributed by atoms with van der Waals surface area (Å²) >= 11 is 7.73. The monoisotopic (exact) mass is 543 g/mol. The number of carbonyl (C=O) groups is 2. The fourth-order valence-electron chi connectivity index (χ4n) is 4.35. The van der Waals surface area contributed by atoms with Crippen LogP contribution in [0, 0.1) is 11.7 Å². The SMILES string of the molecule is CC[C@@H](C)CN(CC(=O)N1CCc2sccc2[C@H]1COc1cccc(F)c1)C(=O)Nc1cccc(Cl)c1. The fraction of sp³-hybridized carbons (Fsp3) is 0.357. The number of fused-ring (bicyclic) bond motifs is 1. The number of nitrogens with zero attached hydrogens (tertiary/aromatic N) is 2. The predicted molar refractivity (Wildman–Crippen MR) is 146 cm³/mol. The van der Waals surface area contributed by atoms with Crippen molar-refractivity contribution in [1.82, 2.24) is 9.80 Å². The van der Waals surface area contributed by atoms with Crippen LogP contribution in [0.3, 0.4) is 0 Å². The summed E-state index contributed by atoms with van der Waals surface area (Å²) in [7, 11) is 0. The Hall–Kier alpha value is -3.10. The lowest BCUT2D eigenvalue weighted by Crippen LogP contribution is -2.49. The van der Waals surface area contributed by atoms with Gasteiger partial charge in [-0.15, -0.1) is 11.3 Å². The molecule has 0 saturated carbocycles. The highest BCUT2D eigenvalue weighted by atomic mass is 35.5. The van der Waals surface area contributed by atoms with E-state index >= 15 is 0 Å². The van der Waals surface area contributed by atoms with E-state index in [2.05, 4.69) is 19.2 Å². The van der Waals surface area contributed by atoms with Crippen LogP contribution in [0.5, 0.6) is 5.75 Å². The zero-order valence-electron chi connectivity index (χ0n) is 21.0. The molecular formula is C28H31ClFN3O3S. The first-order chi connectivity index (χ1) is 17.8. The van der Waals surface area contributed by atoms with E-state index in [1.165, 1.54) is 17.0 Å². The van der Waals surface area contributed by atoms with Gasteiger partial charge in [-0.25, -0.2) is 9.18 Å².